The molecule has 104 valence electrons. The summed E-state index contributed by atoms with van der Waals surface area (Å²) in [5.41, 5.74) is 1.15. The molecule has 0 N–H and O–H groups in total. The van der Waals surface area contributed by atoms with Gasteiger partial charge in [0, 0.05) is 17.9 Å². The minimum atomic E-state index is 0.181. The summed E-state index contributed by atoms with van der Waals surface area (Å²) in [5, 5.41) is 1.87. The Bertz CT molecular complexity index is 618. The number of ether oxygens (including phenoxy) is 2. The van der Waals surface area contributed by atoms with Crippen molar-refractivity contribution in [1.82, 2.24) is 0 Å². The van der Waals surface area contributed by atoms with Crippen LogP contribution < -0.4 is 9.47 Å². The van der Waals surface area contributed by atoms with Gasteiger partial charge < -0.3 is 9.47 Å². The lowest BCUT2D eigenvalue weighted by molar-refractivity contribution is 0.0969. The third-order valence-electron chi connectivity index (χ3n) is 3.60. The van der Waals surface area contributed by atoms with Crippen LogP contribution in [0.25, 0.3) is 0 Å². The van der Waals surface area contributed by atoms with Gasteiger partial charge in [0.05, 0.1) is 18.6 Å². The number of para-hydroxylation sites is 1. The van der Waals surface area contributed by atoms with E-state index in [9.17, 15) is 4.79 Å². The van der Waals surface area contributed by atoms with Crippen LogP contribution in [0.2, 0.25) is 0 Å². The number of hydrogen-bond acceptors (Lipinski definition) is 4. The highest BCUT2D eigenvalue weighted by molar-refractivity contribution is 7.12. The maximum Gasteiger partial charge on any atom is 0.173 e. The first-order valence-corrected chi connectivity index (χ1v) is 7.53. The molecule has 0 saturated heterocycles. The van der Waals surface area contributed by atoms with Crippen LogP contribution in [-0.4, -0.2) is 19.5 Å². The zero-order valence-electron chi connectivity index (χ0n) is 11.3. The lowest BCUT2D eigenvalue weighted by atomic mass is 9.88. The summed E-state index contributed by atoms with van der Waals surface area (Å²) in [6.45, 7) is 0.683. The predicted molar refractivity (Wildman–Crippen MR) is 79.1 cm³/mol. The minimum Gasteiger partial charge on any atom is -0.496 e. The van der Waals surface area contributed by atoms with Gasteiger partial charge in [0.25, 0.3) is 0 Å². The van der Waals surface area contributed by atoms with Gasteiger partial charge in [-0.3, -0.25) is 4.79 Å². The van der Waals surface area contributed by atoms with E-state index in [1.807, 2.05) is 29.6 Å². The topological polar surface area (TPSA) is 35.5 Å². The van der Waals surface area contributed by atoms with Crippen molar-refractivity contribution in [1.29, 1.82) is 0 Å². The van der Waals surface area contributed by atoms with E-state index in [2.05, 4.69) is 6.07 Å². The summed E-state index contributed by atoms with van der Waals surface area (Å²) in [4.78, 5) is 13.1. The second-order valence-electron chi connectivity index (χ2n) is 4.85. The maximum absolute atomic E-state index is 12.4. The third-order valence-corrected chi connectivity index (χ3v) is 4.55. The predicted octanol–water partition coefficient (Wildman–Crippen LogP) is 3.90. The molecule has 1 aromatic heterocycles. The normalized spacial score (nSPS) is 17.1. The lowest BCUT2D eigenvalue weighted by Crippen LogP contribution is -2.16. The molecule has 0 radical (unpaired) electrons. The molecule has 1 aromatic carbocycles. The second kappa shape index (κ2) is 5.67. The van der Waals surface area contributed by atoms with Crippen molar-refractivity contribution in [3.63, 3.8) is 0 Å². The Balaban J connectivity index is 1.77. The summed E-state index contributed by atoms with van der Waals surface area (Å²) < 4.78 is 10.8. The first kappa shape index (κ1) is 13.2. The minimum absolute atomic E-state index is 0.181. The molecule has 3 nitrogen and oxygen atoms in total. The number of rotatable bonds is 4. The highest BCUT2D eigenvalue weighted by Crippen LogP contribution is 2.36. The van der Waals surface area contributed by atoms with Gasteiger partial charge in [-0.15, -0.1) is 11.3 Å². The Kier molecular flexibility index (Phi) is 3.74. The zero-order chi connectivity index (χ0) is 13.9. The highest BCUT2D eigenvalue weighted by Gasteiger charge is 2.24. The fraction of sp³-hybridized carbons (Fsp3) is 0.312. The van der Waals surface area contributed by atoms with Crippen LogP contribution in [0.15, 0.2) is 35.7 Å². The van der Waals surface area contributed by atoms with Crippen LogP contribution in [0.4, 0.5) is 0 Å². The lowest BCUT2D eigenvalue weighted by Gasteiger charge is -2.25. The Morgan fingerprint density at radius 3 is 3.10 bits per heavy atom. The van der Waals surface area contributed by atoms with Crippen LogP contribution in [0.1, 0.15) is 34.0 Å². The van der Waals surface area contributed by atoms with Crippen LogP contribution in [-0.2, 0) is 0 Å². The van der Waals surface area contributed by atoms with Gasteiger partial charge in [-0.1, -0.05) is 18.2 Å². The summed E-state index contributed by atoms with van der Waals surface area (Å²) in [5.74, 6) is 2.10. The van der Waals surface area contributed by atoms with E-state index in [-0.39, 0.29) is 11.7 Å². The summed E-state index contributed by atoms with van der Waals surface area (Å²) >= 11 is 1.45. The molecule has 1 aliphatic heterocycles. The monoisotopic (exact) mass is 288 g/mol. The molecule has 1 unspecified atom stereocenters. The van der Waals surface area contributed by atoms with Gasteiger partial charge in [0.1, 0.15) is 11.5 Å². The van der Waals surface area contributed by atoms with Crippen LogP contribution in [0.3, 0.4) is 0 Å². The first-order chi connectivity index (χ1) is 9.78. The van der Waals surface area contributed by atoms with Gasteiger partial charge in [-0.2, -0.15) is 0 Å². The number of Topliss-reactive ketones (excluding diaryl/α,β-unsaturated/α-hetero) is 1. The molecular formula is C16H16O3S. The second-order valence-corrected chi connectivity index (χ2v) is 5.76. The number of benzene rings is 1. The van der Waals surface area contributed by atoms with Crippen molar-refractivity contribution >= 4 is 17.1 Å². The number of fused-ring (bicyclic) bond motifs is 1. The number of ketones is 1. The molecule has 1 atom stereocenters. The molecule has 2 aromatic rings. The van der Waals surface area contributed by atoms with E-state index < -0.39 is 0 Å². The molecule has 1 aliphatic rings. The summed E-state index contributed by atoms with van der Waals surface area (Å²) in [6, 6.07) is 9.81. The smallest absolute Gasteiger partial charge is 0.173 e. The third kappa shape index (κ3) is 2.56. The van der Waals surface area contributed by atoms with E-state index in [0.29, 0.717) is 13.0 Å². The van der Waals surface area contributed by atoms with Crippen LogP contribution in [0, 0.1) is 0 Å². The standard InChI is InChI=1S/C16H16O3S/c1-18-12-9-16(20-10-12)14(17)8-11-6-7-19-15-5-3-2-4-13(11)15/h2-5,9-11H,6-8H2,1H3. The van der Waals surface area contributed by atoms with Gasteiger partial charge in [-0.25, -0.2) is 0 Å². The number of methoxy groups -OCH3 is 1. The van der Waals surface area contributed by atoms with Crippen molar-refractivity contribution in [2.75, 3.05) is 13.7 Å². The Morgan fingerprint density at radius 1 is 1.45 bits per heavy atom. The Labute approximate surface area is 122 Å². The number of hydrogen-bond donors (Lipinski definition) is 0. The van der Waals surface area contributed by atoms with Crippen LogP contribution >= 0.6 is 11.3 Å². The Morgan fingerprint density at radius 2 is 2.30 bits per heavy atom. The fourth-order valence-corrected chi connectivity index (χ4v) is 3.33. The van der Waals surface area contributed by atoms with Gasteiger partial charge in [0.2, 0.25) is 0 Å². The average Bonchev–Trinajstić information content (AvgIpc) is 2.97. The van der Waals surface area contributed by atoms with E-state index >= 15 is 0 Å². The molecule has 20 heavy (non-hydrogen) atoms. The quantitative estimate of drug-likeness (QED) is 0.801. The van der Waals surface area contributed by atoms with Crippen molar-refractivity contribution in [2.24, 2.45) is 0 Å². The number of carbonyl (C=O) groups is 1. The zero-order valence-corrected chi connectivity index (χ0v) is 12.1. The average molecular weight is 288 g/mol. The maximum atomic E-state index is 12.4. The van der Waals surface area contributed by atoms with Gasteiger partial charge >= 0.3 is 0 Å². The van der Waals surface area contributed by atoms with Crippen LogP contribution in [0.5, 0.6) is 11.5 Å². The molecule has 2 heterocycles. The molecule has 0 bridgehead atoms. The molecule has 3 rings (SSSR count). The number of carbonyl (C=O) groups excluding carboxylic acids is 1. The van der Waals surface area contributed by atoms with E-state index in [0.717, 1.165) is 28.4 Å². The largest absolute Gasteiger partial charge is 0.496 e. The molecule has 0 spiro atoms. The molecule has 0 amide bonds. The Hall–Kier alpha value is -1.81. The van der Waals surface area contributed by atoms with E-state index in [1.165, 1.54) is 11.3 Å². The van der Waals surface area contributed by atoms with Crippen molar-refractivity contribution < 1.29 is 14.3 Å². The molecule has 0 saturated carbocycles. The van der Waals surface area contributed by atoms with E-state index in [4.69, 9.17) is 9.47 Å². The molecule has 0 fully saturated rings. The molecular weight excluding hydrogens is 272 g/mol. The van der Waals surface area contributed by atoms with Crippen molar-refractivity contribution in [2.45, 2.75) is 18.8 Å². The molecule has 4 heteroatoms. The molecule has 0 aliphatic carbocycles. The summed E-state index contributed by atoms with van der Waals surface area (Å²) in [6.07, 6.45) is 1.43. The van der Waals surface area contributed by atoms with Crippen molar-refractivity contribution in [3.05, 3.63) is 46.2 Å². The highest BCUT2D eigenvalue weighted by atomic mass is 32.1. The number of thiophene rings is 1. The van der Waals surface area contributed by atoms with Gasteiger partial charge in [-0.05, 0) is 24.0 Å². The van der Waals surface area contributed by atoms with E-state index in [1.54, 1.807) is 7.11 Å². The van der Waals surface area contributed by atoms with Crippen molar-refractivity contribution in [3.8, 4) is 11.5 Å². The SMILES string of the molecule is COc1csc(C(=O)CC2CCOc3ccccc32)c1. The van der Waals surface area contributed by atoms with Gasteiger partial charge in [0.15, 0.2) is 5.78 Å². The summed E-state index contributed by atoms with van der Waals surface area (Å²) in [7, 11) is 1.62. The first-order valence-electron chi connectivity index (χ1n) is 6.65. The fourth-order valence-electron chi connectivity index (χ4n) is 2.52.